The van der Waals surface area contributed by atoms with Gasteiger partial charge in [0.15, 0.2) is 5.65 Å². The van der Waals surface area contributed by atoms with Crippen molar-refractivity contribution in [1.29, 1.82) is 0 Å². The first kappa shape index (κ1) is 15.9. The zero-order valence-electron chi connectivity index (χ0n) is 13.8. The van der Waals surface area contributed by atoms with Crippen LogP contribution in [0.2, 0.25) is 0 Å². The van der Waals surface area contributed by atoms with Crippen molar-refractivity contribution in [3.8, 4) is 0 Å². The lowest BCUT2D eigenvalue weighted by Crippen LogP contribution is -2.45. The van der Waals surface area contributed by atoms with E-state index in [1.165, 1.54) is 0 Å². The van der Waals surface area contributed by atoms with Crippen molar-refractivity contribution in [2.24, 2.45) is 7.05 Å². The van der Waals surface area contributed by atoms with E-state index in [4.69, 9.17) is 0 Å². The molecule has 1 aliphatic rings. The van der Waals surface area contributed by atoms with Gasteiger partial charge in [0.25, 0.3) is 5.91 Å². The number of aromatic nitrogens is 3. The first-order chi connectivity index (χ1) is 11.1. The number of carbonyl (C=O) groups is 1. The number of rotatable bonds is 5. The number of piperazine rings is 1. The fourth-order valence-corrected chi connectivity index (χ4v) is 2.82. The van der Waals surface area contributed by atoms with Crippen LogP contribution in [-0.2, 0) is 7.05 Å². The second-order valence-corrected chi connectivity index (χ2v) is 6.18. The molecule has 1 amide bonds. The van der Waals surface area contributed by atoms with Crippen LogP contribution in [0.4, 0.5) is 0 Å². The number of amides is 1. The number of pyridine rings is 1. The Morgan fingerprint density at radius 3 is 2.78 bits per heavy atom. The highest BCUT2D eigenvalue weighted by Gasteiger charge is 2.13. The van der Waals surface area contributed by atoms with Gasteiger partial charge in [-0.3, -0.25) is 4.79 Å². The molecule has 0 aliphatic carbocycles. The van der Waals surface area contributed by atoms with Gasteiger partial charge in [0.1, 0.15) is 5.52 Å². The highest BCUT2D eigenvalue weighted by atomic mass is 16.1. The van der Waals surface area contributed by atoms with Crippen LogP contribution in [0.25, 0.3) is 11.2 Å². The van der Waals surface area contributed by atoms with E-state index in [0.29, 0.717) is 12.1 Å². The van der Waals surface area contributed by atoms with Gasteiger partial charge in [-0.1, -0.05) is 0 Å². The Hall–Kier alpha value is -1.99. The SMILES string of the molecule is CN1CCN(CCCNC(=O)c2cnc3c(c2)ncn3C)CC1. The Morgan fingerprint density at radius 1 is 1.22 bits per heavy atom. The molecule has 1 fully saturated rings. The molecule has 3 rings (SSSR count). The molecule has 1 N–H and O–H groups in total. The molecule has 23 heavy (non-hydrogen) atoms. The van der Waals surface area contributed by atoms with E-state index in [0.717, 1.165) is 50.3 Å². The Bertz CT molecular complexity index is 674. The van der Waals surface area contributed by atoms with Gasteiger partial charge in [-0.25, -0.2) is 9.97 Å². The van der Waals surface area contributed by atoms with Crippen molar-refractivity contribution in [2.75, 3.05) is 46.3 Å². The van der Waals surface area contributed by atoms with E-state index in [-0.39, 0.29) is 5.91 Å². The van der Waals surface area contributed by atoms with Crippen molar-refractivity contribution in [2.45, 2.75) is 6.42 Å². The Morgan fingerprint density at radius 2 is 2.00 bits per heavy atom. The van der Waals surface area contributed by atoms with Gasteiger partial charge in [-0.05, 0) is 26.1 Å². The van der Waals surface area contributed by atoms with Crippen LogP contribution >= 0.6 is 0 Å². The first-order valence-corrected chi connectivity index (χ1v) is 8.09. The fraction of sp³-hybridized carbons (Fsp3) is 0.562. The third-order valence-electron chi connectivity index (χ3n) is 4.35. The average Bonchev–Trinajstić information content (AvgIpc) is 2.94. The number of hydrogen-bond donors (Lipinski definition) is 1. The minimum absolute atomic E-state index is 0.0802. The molecular formula is C16H24N6O. The number of nitrogens with one attached hydrogen (secondary N) is 1. The molecule has 1 saturated heterocycles. The summed E-state index contributed by atoms with van der Waals surface area (Å²) in [4.78, 5) is 25.5. The highest BCUT2D eigenvalue weighted by Crippen LogP contribution is 2.10. The second-order valence-electron chi connectivity index (χ2n) is 6.18. The summed E-state index contributed by atoms with van der Waals surface area (Å²) < 4.78 is 1.84. The Kier molecular flexibility index (Phi) is 4.88. The molecule has 2 aromatic rings. The van der Waals surface area contributed by atoms with E-state index < -0.39 is 0 Å². The quantitative estimate of drug-likeness (QED) is 0.806. The second kappa shape index (κ2) is 7.06. The number of aryl methyl sites for hydroxylation is 1. The summed E-state index contributed by atoms with van der Waals surface area (Å²) in [5.74, 6) is -0.0802. The normalized spacial score (nSPS) is 16.8. The standard InChI is InChI=1S/C16H24N6O/c1-20-6-8-22(9-7-20)5-3-4-17-16(23)13-10-14-15(18-11-13)21(2)12-19-14/h10-12H,3-9H2,1-2H3,(H,17,23). The molecule has 0 spiro atoms. The van der Waals surface area contributed by atoms with E-state index in [1.807, 2.05) is 11.6 Å². The molecule has 0 aromatic carbocycles. The number of nitrogens with zero attached hydrogens (tertiary/aromatic N) is 5. The van der Waals surface area contributed by atoms with Crippen molar-refractivity contribution >= 4 is 17.1 Å². The predicted octanol–water partition coefficient (Wildman–Crippen LogP) is 0.336. The Balaban J connectivity index is 1.45. The summed E-state index contributed by atoms with van der Waals surface area (Å²) in [7, 11) is 4.05. The average molecular weight is 316 g/mol. The molecule has 0 unspecified atom stereocenters. The molecule has 0 radical (unpaired) electrons. The fourth-order valence-electron chi connectivity index (χ4n) is 2.82. The predicted molar refractivity (Wildman–Crippen MR) is 89.4 cm³/mol. The molecule has 1 aliphatic heterocycles. The van der Waals surface area contributed by atoms with Gasteiger partial charge < -0.3 is 19.7 Å². The lowest BCUT2D eigenvalue weighted by Gasteiger charge is -2.32. The zero-order chi connectivity index (χ0) is 16.2. The van der Waals surface area contributed by atoms with E-state index in [9.17, 15) is 4.79 Å². The molecule has 0 saturated carbocycles. The van der Waals surface area contributed by atoms with Crippen LogP contribution in [0.1, 0.15) is 16.8 Å². The van der Waals surface area contributed by atoms with Crippen molar-refractivity contribution in [3.05, 3.63) is 24.2 Å². The third kappa shape index (κ3) is 3.86. The Labute approximate surface area is 136 Å². The summed E-state index contributed by atoms with van der Waals surface area (Å²) in [5.41, 5.74) is 2.10. The lowest BCUT2D eigenvalue weighted by molar-refractivity contribution is 0.0949. The lowest BCUT2D eigenvalue weighted by atomic mass is 10.2. The van der Waals surface area contributed by atoms with Crippen LogP contribution in [0.3, 0.4) is 0 Å². The number of hydrogen-bond acceptors (Lipinski definition) is 5. The minimum Gasteiger partial charge on any atom is -0.352 e. The zero-order valence-corrected chi connectivity index (χ0v) is 13.8. The molecule has 124 valence electrons. The van der Waals surface area contributed by atoms with Gasteiger partial charge >= 0.3 is 0 Å². The summed E-state index contributed by atoms with van der Waals surface area (Å²) in [6, 6.07) is 1.79. The van der Waals surface area contributed by atoms with Crippen LogP contribution in [0.5, 0.6) is 0 Å². The van der Waals surface area contributed by atoms with Crippen LogP contribution in [-0.4, -0.2) is 76.6 Å². The maximum atomic E-state index is 12.2. The topological polar surface area (TPSA) is 66.3 Å². The molecule has 0 atom stereocenters. The summed E-state index contributed by atoms with van der Waals surface area (Å²) >= 11 is 0. The van der Waals surface area contributed by atoms with E-state index >= 15 is 0 Å². The van der Waals surface area contributed by atoms with Crippen LogP contribution in [0, 0.1) is 0 Å². The van der Waals surface area contributed by atoms with E-state index in [1.54, 1.807) is 18.6 Å². The molecule has 0 bridgehead atoms. The van der Waals surface area contributed by atoms with Gasteiger partial charge in [-0.2, -0.15) is 0 Å². The molecule has 7 heteroatoms. The highest BCUT2D eigenvalue weighted by molar-refractivity contribution is 5.96. The van der Waals surface area contributed by atoms with Crippen molar-refractivity contribution in [1.82, 2.24) is 29.7 Å². The molecule has 2 aromatic heterocycles. The largest absolute Gasteiger partial charge is 0.352 e. The van der Waals surface area contributed by atoms with Gasteiger partial charge in [0.2, 0.25) is 0 Å². The van der Waals surface area contributed by atoms with E-state index in [2.05, 4.69) is 32.1 Å². The van der Waals surface area contributed by atoms with Crippen LogP contribution in [0.15, 0.2) is 18.6 Å². The summed E-state index contributed by atoms with van der Waals surface area (Å²) in [5, 5.41) is 2.97. The van der Waals surface area contributed by atoms with Crippen LogP contribution < -0.4 is 5.32 Å². The van der Waals surface area contributed by atoms with Gasteiger partial charge in [-0.15, -0.1) is 0 Å². The van der Waals surface area contributed by atoms with Crippen molar-refractivity contribution in [3.63, 3.8) is 0 Å². The van der Waals surface area contributed by atoms with Gasteiger partial charge in [0.05, 0.1) is 11.9 Å². The maximum Gasteiger partial charge on any atom is 0.252 e. The molecule has 7 nitrogen and oxygen atoms in total. The third-order valence-corrected chi connectivity index (χ3v) is 4.35. The number of fused-ring (bicyclic) bond motifs is 1. The number of imidazole rings is 1. The number of likely N-dealkylation sites (N-methyl/N-ethyl adjacent to an activating group) is 1. The van der Waals surface area contributed by atoms with Gasteiger partial charge in [0, 0.05) is 46.0 Å². The van der Waals surface area contributed by atoms with Crippen molar-refractivity contribution < 1.29 is 4.79 Å². The first-order valence-electron chi connectivity index (χ1n) is 8.09. The summed E-state index contributed by atoms with van der Waals surface area (Å²) in [6.07, 6.45) is 4.28. The molecule has 3 heterocycles. The number of carbonyl (C=O) groups excluding carboxylic acids is 1. The minimum atomic E-state index is -0.0802. The summed E-state index contributed by atoms with van der Waals surface area (Å²) in [6.45, 7) is 6.21. The molecular weight excluding hydrogens is 292 g/mol. The monoisotopic (exact) mass is 316 g/mol. The smallest absolute Gasteiger partial charge is 0.252 e. The maximum absolute atomic E-state index is 12.2.